The van der Waals surface area contributed by atoms with Crippen molar-refractivity contribution in [2.24, 2.45) is 9.98 Å². The Hall–Kier alpha value is -6.78. The molecule has 1 aliphatic rings. The first kappa shape index (κ1) is 29.2. The summed E-state index contributed by atoms with van der Waals surface area (Å²) >= 11 is 0. The maximum Gasteiger partial charge on any atom is 0.169 e. The van der Waals surface area contributed by atoms with Crippen molar-refractivity contribution in [2.75, 3.05) is 0 Å². The van der Waals surface area contributed by atoms with Gasteiger partial charge in [-0.1, -0.05) is 146 Å². The molecule has 0 fully saturated rings. The van der Waals surface area contributed by atoms with Gasteiger partial charge in [0.25, 0.3) is 0 Å². The normalized spacial score (nSPS) is 14.5. The molecule has 0 aliphatic carbocycles. The first-order valence-corrected chi connectivity index (χ1v) is 17.3. The number of aliphatic imine (C=N–C) groups is 2. The van der Waals surface area contributed by atoms with Crippen LogP contribution in [-0.4, -0.2) is 11.7 Å². The van der Waals surface area contributed by atoms with E-state index < -0.39 is 6.17 Å². The standard InChI is InChI=1S/C47H31N3O/c1-2-12-32(13-3-1)45-48-46(33-24-21-31(22-25-33)35-26-23-30-11-4-5-14-34(30)27-35)50-47(49-45)37-28-36-15-6-7-16-38(36)41(29-37)39-18-10-20-43-44(39)40-17-8-9-19-42(40)51-43/h1-29,46H,(H,48,49,50). The second-order valence-corrected chi connectivity index (χ2v) is 13.0. The molecule has 0 saturated heterocycles. The number of hydrogen-bond donors (Lipinski definition) is 1. The number of fused-ring (bicyclic) bond motifs is 5. The van der Waals surface area contributed by atoms with E-state index in [0.29, 0.717) is 0 Å². The minimum Gasteiger partial charge on any atom is -0.456 e. The molecule has 1 atom stereocenters. The molecule has 10 rings (SSSR count). The van der Waals surface area contributed by atoms with Crippen LogP contribution in [-0.2, 0) is 0 Å². The number of benzene rings is 8. The zero-order valence-electron chi connectivity index (χ0n) is 27.6. The van der Waals surface area contributed by atoms with Crippen molar-refractivity contribution in [3.8, 4) is 22.3 Å². The Bertz CT molecular complexity index is 2830. The molecule has 8 aromatic carbocycles. The van der Waals surface area contributed by atoms with Crippen LogP contribution >= 0.6 is 0 Å². The highest BCUT2D eigenvalue weighted by Crippen LogP contribution is 2.40. The van der Waals surface area contributed by atoms with E-state index in [1.54, 1.807) is 0 Å². The van der Waals surface area contributed by atoms with Crippen molar-refractivity contribution in [3.63, 3.8) is 0 Å². The van der Waals surface area contributed by atoms with E-state index in [-0.39, 0.29) is 0 Å². The quantitative estimate of drug-likeness (QED) is 0.201. The zero-order chi connectivity index (χ0) is 33.7. The van der Waals surface area contributed by atoms with Crippen LogP contribution in [0.25, 0.3) is 65.7 Å². The molecule has 0 bridgehead atoms. The molecule has 51 heavy (non-hydrogen) atoms. The predicted octanol–water partition coefficient (Wildman–Crippen LogP) is 11.7. The molecule has 0 radical (unpaired) electrons. The van der Waals surface area contributed by atoms with Gasteiger partial charge in [-0.25, -0.2) is 9.98 Å². The summed E-state index contributed by atoms with van der Waals surface area (Å²) in [5.41, 5.74) is 9.41. The second-order valence-electron chi connectivity index (χ2n) is 13.0. The van der Waals surface area contributed by atoms with Gasteiger partial charge in [0.1, 0.15) is 22.8 Å². The molecular formula is C47H31N3O. The number of rotatable bonds is 5. The van der Waals surface area contributed by atoms with Crippen LogP contribution in [0.5, 0.6) is 0 Å². The Kier molecular flexibility index (Phi) is 6.85. The number of para-hydroxylation sites is 1. The third-order valence-corrected chi connectivity index (χ3v) is 9.91. The third kappa shape index (κ3) is 5.17. The molecule has 0 amide bonds. The smallest absolute Gasteiger partial charge is 0.169 e. The monoisotopic (exact) mass is 653 g/mol. The van der Waals surface area contributed by atoms with Gasteiger partial charge in [-0.15, -0.1) is 0 Å². The van der Waals surface area contributed by atoms with Crippen molar-refractivity contribution in [1.29, 1.82) is 0 Å². The van der Waals surface area contributed by atoms with Crippen LogP contribution in [0.3, 0.4) is 0 Å². The van der Waals surface area contributed by atoms with E-state index >= 15 is 0 Å². The van der Waals surface area contributed by atoms with Crippen LogP contribution in [0.4, 0.5) is 0 Å². The molecule has 1 aromatic heterocycles. The number of furan rings is 1. The van der Waals surface area contributed by atoms with E-state index in [9.17, 15) is 0 Å². The minimum atomic E-state index is -0.418. The topological polar surface area (TPSA) is 49.9 Å². The lowest BCUT2D eigenvalue weighted by atomic mass is 9.92. The molecule has 1 unspecified atom stereocenters. The Morgan fingerprint density at radius 3 is 1.90 bits per heavy atom. The molecule has 2 heterocycles. The fraction of sp³-hybridized carbons (Fsp3) is 0.0213. The van der Waals surface area contributed by atoms with Gasteiger partial charge in [0.2, 0.25) is 0 Å². The summed E-state index contributed by atoms with van der Waals surface area (Å²) in [6.07, 6.45) is -0.418. The molecule has 4 nitrogen and oxygen atoms in total. The van der Waals surface area contributed by atoms with Gasteiger partial charge < -0.3 is 9.73 Å². The lowest BCUT2D eigenvalue weighted by Gasteiger charge is -2.23. The molecular weight excluding hydrogens is 623 g/mol. The van der Waals surface area contributed by atoms with Crippen molar-refractivity contribution in [3.05, 3.63) is 193 Å². The van der Waals surface area contributed by atoms with E-state index in [0.717, 1.165) is 72.4 Å². The molecule has 0 saturated carbocycles. The van der Waals surface area contributed by atoms with Crippen LogP contribution in [0.1, 0.15) is 22.9 Å². The first-order chi connectivity index (χ1) is 25.2. The largest absolute Gasteiger partial charge is 0.456 e. The lowest BCUT2D eigenvalue weighted by molar-refractivity contribution is 0.669. The van der Waals surface area contributed by atoms with Gasteiger partial charge in [0.05, 0.1) is 0 Å². The molecule has 4 heteroatoms. The highest BCUT2D eigenvalue weighted by molar-refractivity contribution is 6.19. The summed E-state index contributed by atoms with van der Waals surface area (Å²) in [6, 6.07) is 61.7. The van der Waals surface area contributed by atoms with Gasteiger partial charge in [-0.3, -0.25) is 0 Å². The van der Waals surface area contributed by atoms with Gasteiger partial charge in [-0.05, 0) is 79.7 Å². The maximum atomic E-state index is 6.30. The third-order valence-electron chi connectivity index (χ3n) is 9.91. The molecule has 1 aliphatic heterocycles. The van der Waals surface area contributed by atoms with Crippen molar-refractivity contribution >= 4 is 55.2 Å². The van der Waals surface area contributed by atoms with Crippen LogP contribution in [0.2, 0.25) is 0 Å². The average molecular weight is 654 g/mol. The zero-order valence-corrected chi connectivity index (χ0v) is 27.6. The van der Waals surface area contributed by atoms with Crippen molar-refractivity contribution in [1.82, 2.24) is 5.32 Å². The summed E-state index contributed by atoms with van der Waals surface area (Å²) in [7, 11) is 0. The van der Waals surface area contributed by atoms with Crippen LogP contribution in [0.15, 0.2) is 190 Å². The highest BCUT2D eigenvalue weighted by atomic mass is 16.3. The number of hydrogen-bond acceptors (Lipinski definition) is 4. The van der Waals surface area contributed by atoms with Gasteiger partial charge in [0, 0.05) is 21.9 Å². The summed E-state index contributed by atoms with van der Waals surface area (Å²) < 4.78 is 6.30. The van der Waals surface area contributed by atoms with E-state index in [4.69, 9.17) is 14.4 Å². The number of nitrogens with zero attached hydrogens (tertiary/aromatic N) is 2. The van der Waals surface area contributed by atoms with E-state index in [1.807, 2.05) is 30.3 Å². The van der Waals surface area contributed by atoms with Gasteiger partial charge in [-0.2, -0.15) is 0 Å². The summed E-state index contributed by atoms with van der Waals surface area (Å²) in [4.78, 5) is 10.4. The summed E-state index contributed by atoms with van der Waals surface area (Å²) in [5, 5.41) is 10.6. The number of amidine groups is 2. The second kappa shape index (κ2) is 12.0. The van der Waals surface area contributed by atoms with E-state index in [2.05, 4.69) is 151 Å². The number of nitrogens with one attached hydrogen (secondary N) is 1. The lowest BCUT2D eigenvalue weighted by Crippen LogP contribution is -2.36. The predicted molar refractivity (Wildman–Crippen MR) is 211 cm³/mol. The van der Waals surface area contributed by atoms with Crippen LogP contribution < -0.4 is 5.32 Å². The maximum absolute atomic E-state index is 6.30. The molecule has 1 N–H and O–H groups in total. The molecule has 0 spiro atoms. The molecule has 9 aromatic rings. The Morgan fingerprint density at radius 1 is 0.412 bits per heavy atom. The SMILES string of the molecule is c1ccc(C2=NC(c3ccc(-c4ccc5ccccc5c4)cc3)N=C(c3cc(-c4cccc5oc6ccccc6c45)c4ccccc4c3)N2)cc1. The fourth-order valence-electron chi connectivity index (χ4n) is 7.37. The fourth-order valence-corrected chi connectivity index (χ4v) is 7.37. The van der Waals surface area contributed by atoms with E-state index in [1.165, 1.54) is 21.7 Å². The van der Waals surface area contributed by atoms with Crippen molar-refractivity contribution in [2.45, 2.75) is 6.17 Å². The van der Waals surface area contributed by atoms with Gasteiger partial charge in [0.15, 0.2) is 6.17 Å². The van der Waals surface area contributed by atoms with Crippen LogP contribution in [0, 0.1) is 0 Å². The summed E-state index contributed by atoms with van der Waals surface area (Å²) in [5.74, 6) is 1.57. The molecule has 240 valence electrons. The van der Waals surface area contributed by atoms with Crippen molar-refractivity contribution < 1.29 is 4.42 Å². The average Bonchev–Trinajstić information content (AvgIpc) is 3.60. The first-order valence-electron chi connectivity index (χ1n) is 17.3. The highest BCUT2D eigenvalue weighted by Gasteiger charge is 2.23. The Balaban J connectivity index is 1.11. The Labute approximate surface area is 295 Å². The van der Waals surface area contributed by atoms with Gasteiger partial charge >= 0.3 is 0 Å². The minimum absolute atomic E-state index is 0.418. The Morgan fingerprint density at radius 2 is 1.06 bits per heavy atom. The summed E-state index contributed by atoms with van der Waals surface area (Å²) in [6.45, 7) is 0.